The van der Waals surface area contributed by atoms with Gasteiger partial charge in [-0.1, -0.05) is 6.07 Å². The lowest BCUT2D eigenvalue weighted by molar-refractivity contribution is 0.482. The standard InChI is InChI=1S/C9H10F2/c1-6-4-9(11)7(2)3-8(6)5-10/h3-4H,5H2,1-2H3. The fourth-order valence-electron chi connectivity index (χ4n) is 0.985. The van der Waals surface area contributed by atoms with Crippen molar-refractivity contribution in [2.24, 2.45) is 0 Å². The first-order chi connectivity index (χ1) is 5.15. The maximum absolute atomic E-state index is 12.8. The van der Waals surface area contributed by atoms with Crippen molar-refractivity contribution >= 4 is 0 Å². The largest absolute Gasteiger partial charge is 0.246 e. The third kappa shape index (κ3) is 1.56. The van der Waals surface area contributed by atoms with Gasteiger partial charge in [-0.05, 0) is 36.6 Å². The average molecular weight is 156 g/mol. The van der Waals surface area contributed by atoms with Gasteiger partial charge in [0, 0.05) is 0 Å². The van der Waals surface area contributed by atoms with Gasteiger partial charge in [0.05, 0.1) is 0 Å². The van der Waals surface area contributed by atoms with Crippen molar-refractivity contribution in [2.75, 3.05) is 0 Å². The summed E-state index contributed by atoms with van der Waals surface area (Å²) in [5.74, 6) is -0.264. The molecule has 0 fully saturated rings. The van der Waals surface area contributed by atoms with Gasteiger partial charge in [0.1, 0.15) is 12.5 Å². The van der Waals surface area contributed by atoms with Crippen LogP contribution in [0.4, 0.5) is 8.78 Å². The molecule has 0 heterocycles. The highest BCUT2D eigenvalue weighted by Gasteiger charge is 2.02. The van der Waals surface area contributed by atoms with E-state index >= 15 is 0 Å². The van der Waals surface area contributed by atoms with Crippen LogP contribution >= 0.6 is 0 Å². The van der Waals surface area contributed by atoms with Crippen molar-refractivity contribution in [1.82, 2.24) is 0 Å². The first kappa shape index (κ1) is 8.18. The zero-order valence-electron chi connectivity index (χ0n) is 6.62. The van der Waals surface area contributed by atoms with Crippen LogP contribution in [-0.4, -0.2) is 0 Å². The summed E-state index contributed by atoms with van der Waals surface area (Å²) in [7, 11) is 0. The summed E-state index contributed by atoms with van der Waals surface area (Å²) < 4.78 is 24.9. The Labute approximate surface area is 64.9 Å². The third-order valence-electron chi connectivity index (χ3n) is 1.76. The van der Waals surface area contributed by atoms with Crippen molar-refractivity contribution in [2.45, 2.75) is 20.5 Å². The maximum Gasteiger partial charge on any atom is 0.126 e. The molecule has 0 nitrogen and oxygen atoms in total. The Morgan fingerprint density at radius 3 is 2.36 bits per heavy atom. The monoisotopic (exact) mass is 156 g/mol. The topological polar surface area (TPSA) is 0 Å². The minimum atomic E-state index is -0.521. The highest BCUT2D eigenvalue weighted by Crippen LogP contribution is 2.15. The van der Waals surface area contributed by atoms with E-state index in [1.54, 1.807) is 19.9 Å². The Morgan fingerprint density at radius 2 is 1.82 bits per heavy atom. The molecule has 0 amide bonds. The maximum atomic E-state index is 12.8. The molecule has 0 N–H and O–H groups in total. The second kappa shape index (κ2) is 2.99. The molecule has 0 aliphatic carbocycles. The molecule has 1 aromatic rings. The fourth-order valence-corrected chi connectivity index (χ4v) is 0.985. The van der Waals surface area contributed by atoms with Gasteiger partial charge < -0.3 is 0 Å². The Kier molecular flexibility index (Phi) is 2.22. The molecule has 60 valence electrons. The van der Waals surface area contributed by atoms with Crippen LogP contribution in [0.2, 0.25) is 0 Å². The van der Waals surface area contributed by atoms with Crippen molar-refractivity contribution in [1.29, 1.82) is 0 Å². The average Bonchev–Trinajstić information content (AvgIpc) is 1.97. The number of hydrogen-bond acceptors (Lipinski definition) is 0. The van der Waals surface area contributed by atoms with Crippen molar-refractivity contribution < 1.29 is 8.78 Å². The number of alkyl halides is 1. The predicted molar refractivity (Wildman–Crippen MR) is 40.7 cm³/mol. The Morgan fingerprint density at radius 1 is 1.18 bits per heavy atom. The van der Waals surface area contributed by atoms with Crippen LogP contribution in [-0.2, 0) is 6.67 Å². The summed E-state index contributed by atoms with van der Waals surface area (Å²) in [4.78, 5) is 0. The molecule has 0 aromatic heterocycles. The summed E-state index contributed by atoms with van der Waals surface area (Å²) in [6, 6.07) is 2.91. The van der Waals surface area contributed by atoms with E-state index in [4.69, 9.17) is 0 Å². The second-order valence-corrected chi connectivity index (χ2v) is 2.66. The SMILES string of the molecule is Cc1cc(CF)c(C)cc1F. The normalized spacial score (nSPS) is 10.2. The molecule has 0 aliphatic rings. The van der Waals surface area contributed by atoms with Gasteiger partial charge in [-0.3, -0.25) is 0 Å². The van der Waals surface area contributed by atoms with Crippen molar-refractivity contribution in [3.63, 3.8) is 0 Å². The summed E-state index contributed by atoms with van der Waals surface area (Å²) in [6.07, 6.45) is 0. The highest BCUT2D eigenvalue weighted by molar-refractivity contribution is 5.31. The molecule has 0 spiro atoms. The van der Waals surface area contributed by atoms with E-state index in [2.05, 4.69) is 0 Å². The molecule has 1 aromatic carbocycles. The molecule has 11 heavy (non-hydrogen) atoms. The van der Waals surface area contributed by atoms with Crippen LogP contribution < -0.4 is 0 Å². The smallest absolute Gasteiger partial charge is 0.126 e. The van der Waals surface area contributed by atoms with Crippen molar-refractivity contribution in [3.05, 3.63) is 34.6 Å². The second-order valence-electron chi connectivity index (χ2n) is 2.66. The van der Waals surface area contributed by atoms with Crippen LogP contribution in [0.1, 0.15) is 16.7 Å². The lowest BCUT2D eigenvalue weighted by Crippen LogP contribution is -1.90. The van der Waals surface area contributed by atoms with Gasteiger partial charge in [-0.2, -0.15) is 0 Å². The number of halogens is 2. The Hall–Kier alpha value is -0.920. The zero-order valence-corrected chi connectivity index (χ0v) is 6.62. The lowest BCUT2D eigenvalue weighted by Gasteiger charge is -2.03. The number of rotatable bonds is 1. The van der Waals surface area contributed by atoms with Crippen molar-refractivity contribution in [3.8, 4) is 0 Å². The molecule has 0 bridgehead atoms. The van der Waals surface area contributed by atoms with E-state index in [0.717, 1.165) is 0 Å². The Balaban J connectivity index is 3.21. The van der Waals surface area contributed by atoms with Crippen LogP contribution in [0.15, 0.2) is 12.1 Å². The van der Waals surface area contributed by atoms with E-state index in [0.29, 0.717) is 16.7 Å². The molecular formula is C9H10F2. The number of aryl methyl sites for hydroxylation is 2. The van der Waals surface area contributed by atoms with Gasteiger partial charge in [-0.15, -0.1) is 0 Å². The van der Waals surface area contributed by atoms with Crippen LogP contribution in [0.3, 0.4) is 0 Å². The van der Waals surface area contributed by atoms with E-state index in [1.807, 2.05) is 0 Å². The van der Waals surface area contributed by atoms with Gasteiger partial charge in [0.25, 0.3) is 0 Å². The van der Waals surface area contributed by atoms with E-state index in [1.165, 1.54) is 6.07 Å². The van der Waals surface area contributed by atoms with E-state index in [-0.39, 0.29) is 5.82 Å². The van der Waals surface area contributed by atoms with E-state index in [9.17, 15) is 8.78 Å². The number of hydrogen-bond donors (Lipinski definition) is 0. The van der Waals surface area contributed by atoms with E-state index < -0.39 is 6.67 Å². The minimum Gasteiger partial charge on any atom is -0.246 e. The third-order valence-corrected chi connectivity index (χ3v) is 1.76. The zero-order chi connectivity index (χ0) is 8.43. The molecular weight excluding hydrogens is 146 g/mol. The van der Waals surface area contributed by atoms with Gasteiger partial charge >= 0.3 is 0 Å². The molecule has 0 atom stereocenters. The van der Waals surface area contributed by atoms with Crippen LogP contribution in [0.25, 0.3) is 0 Å². The molecule has 2 heteroatoms. The first-order valence-electron chi connectivity index (χ1n) is 3.46. The molecule has 0 aliphatic heterocycles. The summed E-state index contributed by atoms with van der Waals surface area (Å²) in [5.41, 5.74) is 1.75. The molecule has 0 saturated carbocycles. The van der Waals surface area contributed by atoms with Crippen LogP contribution in [0, 0.1) is 19.7 Å². The molecule has 0 radical (unpaired) electrons. The lowest BCUT2D eigenvalue weighted by atomic mass is 10.1. The summed E-state index contributed by atoms with van der Waals surface area (Å²) in [5, 5.41) is 0. The van der Waals surface area contributed by atoms with Gasteiger partial charge in [0.15, 0.2) is 0 Å². The highest BCUT2D eigenvalue weighted by atomic mass is 19.1. The van der Waals surface area contributed by atoms with Gasteiger partial charge in [0.2, 0.25) is 0 Å². The molecule has 1 rings (SSSR count). The quantitative estimate of drug-likeness (QED) is 0.586. The number of benzene rings is 1. The molecule has 0 saturated heterocycles. The Bertz CT molecular complexity index is 267. The van der Waals surface area contributed by atoms with Gasteiger partial charge in [-0.25, -0.2) is 8.78 Å². The molecule has 0 unspecified atom stereocenters. The minimum absolute atomic E-state index is 0.264. The fraction of sp³-hybridized carbons (Fsp3) is 0.333. The summed E-state index contributed by atoms with van der Waals surface area (Å²) in [6.45, 7) is 2.82. The first-order valence-corrected chi connectivity index (χ1v) is 3.46. The van der Waals surface area contributed by atoms with Crippen LogP contribution in [0.5, 0.6) is 0 Å². The predicted octanol–water partition coefficient (Wildman–Crippen LogP) is 2.91. The summed E-state index contributed by atoms with van der Waals surface area (Å²) >= 11 is 0.